The molecule has 1 aromatic rings. The summed E-state index contributed by atoms with van der Waals surface area (Å²) in [6, 6.07) is 1.56. The topological polar surface area (TPSA) is 80.6 Å². The van der Waals surface area contributed by atoms with Crippen LogP contribution in [0.4, 0.5) is 10.5 Å². The summed E-state index contributed by atoms with van der Waals surface area (Å²) < 4.78 is 28.7. The van der Waals surface area contributed by atoms with Crippen LogP contribution in [0.2, 0.25) is 0 Å². The van der Waals surface area contributed by atoms with Crippen LogP contribution in [0.1, 0.15) is 54.4 Å². The predicted molar refractivity (Wildman–Crippen MR) is 109 cm³/mol. The minimum Gasteiger partial charge on any atom is -0.423 e. The minimum atomic E-state index is -3.76. The van der Waals surface area contributed by atoms with Crippen molar-refractivity contribution in [3.63, 3.8) is 0 Å². The van der Waals surface area contributed by atoms with Crippen molar-refractivity contribution in [2.75, 3.05) is 25.0 Å². The predicted octanol–water partition coefficient (Wildman–Crippen LogP) is 0.388. The van der Waals surface area contributed by atoms with Gasteiger partial charge < -0.3 is 14.9 Å². The maximum Gasteiger partial charge on any atom is 1.00 e. The molecule has 2 fully saturated rings. The van der Waals surface area contributed by atoms with E-state index in [1.807, 2.05) is 0 Å². The van der Waals surface area contributed by atoms with Gasteiger partial charge in [0.15, 0.2) is 16.1 Å². The third-order valence-electron chi connectivity index (χ3n) is 7.00. The number of nitrogens with zero attached hydrogens (tertiary/aromatic N) is 2. The molecule has 2 amide bonds. The van der Waals surface area contributed by atoms with E-state index in [1.165, 1.54) is 41.5 Å². The second-order valence-electron chi connectivity index (χ2n) is 8.91. The number of hydrogen-bond acceptors (Lipinski definition) is 4. The molecule has 0 aromatic heterocycles. The average Bonchev–Trinajstić information content (AvgIpc) is 3.19. The van der Waals surface area contributed by atoms with E-state index in [1.54, 1.807) is 0 Å². The van der Waals surface area contributed by atoms with Gasteiger partial charge in [0.05, 0.1) is 5.25 Å². The molecule has 0 atom stereocenters. The molecule has 1 N–H and O–H groups in total. The number of carbonyl (C=O) groups is 1. The molecule has 1 heterocycles. The Bertz CT molecular complexity index is 876. The Morgan fingerprint density at radius 1 is 1.03 bits per heavy atom. The number of rotatable bonds is 5. The fourth-order valence-electron chi connectivity index (χ4n) is 5.19. The molecule has 29 heavy (non-hydrogen) atoms. The number of sulfonamides is 1. The number of urea groups is 1. The van der Waals surface area contributed by atoms with E-state index in [4.69, 9.17) is 0 Å². The van der Waals surface area contributed by atoms with Gasteiger partial charge in [-0.3, -0.25) is 4.79 Å². The van der Waals surface area contributed by atoms with Gasteiger partial charge in [-0.15, -0.1) is 0 Å². The van der Waals surface area contributed by atoms with Crippen molar-refractivity contribution in [2.24, 2.45) is 5.92 Å². The molecular weight excluding hydrogens is 413 g/mol. The molecule has 1 saturated carbocycles. The van der Waals surface area contributed by atoms with Gasteiger partial charge in [-0.25, -0.2) is 8.42 Å². The minimum absolute atomic E-state index is 0. The molecule has 5 rings (SSSR count). The van der Waals surface area contributed by atoms with E-state index in [9.17, 15) is 13.2 Å². The molecular formula is C21H28KN3O3S. The van der Waals surface area contributed by atoms with E-state index >= 15 is 0 Å². The number of nitrogens with one attached hydrogen (secondary N) is 1. The fraction of sp³-hybridized carbons (Fsp3) is 0.667. The van der Waals surface area contributed by atoms with Crippen LogP contribution in [0.25, 0.3) is 4.72 Å². The molecule has 0 spiro atoms. The Kier molecular flexibility index (Phi) is 6.81. The van der Waals surface area contributed by atoms with Gasteiger partial charge in [0.1, 0.15) is 0 Å². The molecule has 0 unspecified atom stereocenters. The molecule has 1 saturated heterocycles. The Balaban J connectivity index is 0.00000205. The Hall–Kier alpha value is 0.0364. The first kappa shape index (κ1) is 22.2. The molecule has 0 radical (unpaired) electrons. The van der Waals surface area contributed by atoms with Gasteiger partial charge in [0.2, 0.25) is 0 Å². The number of anilines is 1. The zero-order valence-electron chi connectivity index (χ0n) is 17.2. The first-order valence-electron chi connectivity index (χ1n) is 10.7. The largest absolute Gasteiger partial charge is 1.00 e. The van der Waals surface area contributed by atoms with Crippen molar-refractivity contribution in [1.29, 1.82) is 0 Å². The van der Waals surface area contributed by atoms with Crippen LogP contribution in [-0.4, -0.2) is 44.2 Å². The standard InChI is InChI=1S/C21H29N3O3S.K/c25-21(23-28(26,27)17-12-24(13-17)11-14-4-1-5-14)22-20-18-8-2-6-15(18)10-16-7-3-9-19(16)20;/h10,14,17H,1-9,11-13H2,(H2,22,23,25);/q;+1/p-1. The zero-order valence-corrected chi connectivity index (χ0v) is 21.2. The van der Waals surface area contributed by atoms with Crippen LogP contribution in [-0.2, 0) is 35.7 Å². The summed E-state index contributed by atoms with van der Waals surface area (Å²) in [7, 11) is -3.76. The van der Waals surface area contributed by atoms with Gasteiger partial charge in [-0.1, -0.05) is 12.5 Å². The third kappa shape index (κ3) is 4.49. The van der Waals surface area contributed by atoms with Crippen molar-refractivity contribution in [2.45, 2.75) is 63.0 Å². The van der Waals surface area contributed by atoms with E-state index in [2.05, 4.69) is 21.0 Å². The summed E-state index contributed by atoms with van der Waals surface area (Å²) in [6.45, 7) is 2.00. The van der Waals surface area contributed by atoms with Crippen molar-refractivity contribution in [3.8, 4) is 0 Å². The van der Waals surface area contributed by atoms with Crippen molar-refractivity contribution in [1.82, 2.24) is 4.90 Å². The SMILES string of the molecule is O=C([N-]S(=O)(=O)C1CN(CC2CCC2)C1)Nc1c2c(cc3c1CCC3)CCC2.[K+]. The number of likely N-dealkylation sites (tertiary alicyclic amines) is 1. The number of fused-ring (bicyclic) bond motifs is 2. The van der Waals surface area contributed by atoms with Crippen molar-refractivity contribution >= 4 is 21.7 Å². The van der Waals surface area contributed by atoms with Gasteiger partial charge in [0, 0.05) is 19.6 Å². The number of aryl methyl sites for hydroxylation is 2. The maximum absolute atomic E-state index is 12.5. The third-order valence-corrected chi connectivity index (χ3v) is 8.56. The zero-order chi connectivity index (χ0) is 19.3. The molecule has 3 aliphatic carbocycles. The quantitative estimate of drug-likeness (QED) is 0.671. The molecule has 8 heteroatoms. The van der Waals surface area contributed by atoms with Crippen LogP contribution in [0.3, 0.4) is 0 Å². The molecule has 0 bridgehead atoms. The second kappa shape index (κ2) is 8.88. The van der Waals surface area contributed by atoms with Gasteiger partial charge in [0.25, 0.3) is 0 Å². The summed E-state index contributed by atoms with van der Waals surface area (Å²) in [6.07, 6.45) is 9.97. The van der Waals surface area contributed by atoms with Gasteiger partial charge in [-0.05, 0) is 85.2 Å². The Morgan fingerprint density at radius 3 is 2.21 bits per heavy atom. The Morgan fingerprint density at radius 2 is 1.66 bits per heavy atom. The number of hydrogen-bond donors (Lipinski definition) is 1. The van der Waals surface area contributed by atoms with Crippen LogP contribution < -0.4 is 56.7 Å². The summed E-state index contributed by atoms with van der Waals surface area (Å²) in [4.78, 5) is 14.7. The van der Waals surface area contributed by atoms with E-state index < -0.39 is 21.3 Å². The summed E-state index contributed by atoms with van der Waals surface area (Å²) in [5, 5.41) is 2.33. The number of carbonyl (C=O) groups excluding carboxylic acids is 1. The van der Waals surface area contributed by atoms with Gasteiger partial charge in [-0.2, -0.15) is 0 Å². The Labute approximate surface area is 216 Å². The van der Waals surface area contributed by atoms with Crippen LogP contribution in [0.5, 0.6) is 0 Å². The average molecular weight is 442 g/mol. The molecule has 152 valence electrons. The monoisotopic (exact) mass is 441 g/mol. The maximum atomic E-state index is 12.5. The van der Waals surface area contributed by atoms with Crippen LogP contribution >= 0.6 is 0 Å². The first-order valence-corrected chi connectivity index (χ1v) is 12.2. The van der Waals surface area contributed by atoms with E-state index in [0.717, 1.165) is 56.7 Å². The van der Waals surface area contributed by atoms with E-state index in [0.29, 0.717) is 13.1 Å². The molecule has 1 aromatic carbocycles. The normalized spacial score (nSPS) is 21.5. The van der Waals surface area contributed by atoms with Gasteiger partial charge >= 0.3 is 51.4 Å². The molecule has 4 aliphatic rings. The summed E-state index contributed by atoms with van der Waals surface area (Å²) in [5.74, 6) is 0.728. The van der Waals surface area contributed by atoms with Crippen molar-refractivity contribution < 1.29 is 64.6 Å². The molecule has 1 aliphatic heterocycles. The first-order chi connectivity index (χ1) is 13.5. The van der Waals surface area contributed by atoms with E-state index in [-0.39, 0.29) is 51.4 Å². The fourth-order valence-corrected chi connectivity index (χ4v) is 6.41. The second-order valence-corrected chi connectivity index (χ2v) is 10.8. The molecule has 6 nitrogen and oxygen atoms in total. The summed E-state index contributed by atoms with van der Waals surface area (Å²) in [5.41, 5.74) is 5.86. The number of amides is 2. The summed E-state index contributed by atoms with van der Waals surface area (Å²) >= 11 is 0. The van der Waals surface area contributed by atoms with Crippen molar-refractivity contribution in [3.05, 3.63) is 33.0 Å². The smallest absolute Gasteiger partial charge is 0.423 e. The van der Waals surface area contributed by atoms with Crippen LogP contribution in [0.15, 0.2) is 6.07 Å². The van der Waals surface area contributed by atoms with Crippen LogP contribution in [0, 0.1) is 5.92 Å². The number of benzene rings is 1.